The summed E-state index contributed by atoms with van der Waals surface area (Å²) in [5.41, 5.74) is 2.73. The van der Waals surface area contributed by atoms with E-state index in [0.29, 0.717) is 0 Å². The van der Waals surface area contributed by atoms with Gasteiger partial charge in [0.2, 0.25) is 11.8 Å². The van der Waals surface area contributed by atoms with Gasteiger partial charge in [0.25, 0.3) is 0 Å². The largest absolute Gasteiger partial charge is 0.376 e. The molecule has 2 aromatic carbocycles. The van der Waals surface area contributed by atoms with Gasteiger partial charge in [-0.2, -0.15) is 0 Å². The Morgan fingerprint density at radius 2 is 1.61 bits per heavy atom. The third-order valence-electron chi connectivity index (χ3n) is 3.36. The highest BCUT2D eigenvalue weighted by Gasteiger charge is 2.12. The number of hydrogen-bond acceptors (Lipinski definition) is 3. The van der Waals surface area contributed by atoms with Crippen molar-refractivity contribution in [1.29, 1.82) is 0 Å². The van der Waals surface area contributed by atoms with Crippen LogP contribution >= 0.6 is 0 Å². The predicted molar refractivity (Wildman–Crippen MR) is 92.4 cm³/mol. The van der Waals surface area contributed by atoms with Crippen LogP contribution in [0.5, 0.6) is 0 Å². The summed E-state index contributed by atoms with van der Waals surface area (Å²) in [6.07, 6.45) is 0. The molecule has 0 aliphatic carbocycles. The van der Waals surface area contributed by atoms with Crippen molar-refractivity contribution in [3.63, 3.8) is 0 Å². The quantitative estimate of drug-likeness (QED) is 0.861. The van der Waals surface area contributed by atoms with Crippen molar-refractivity contribution in [3.05, 3.63) is 60.2 Å². The Labute approximate surface area is 136 Å². The molecule has 5 nitrogen and oxygen atoms in total. The number of likely N-dealkylation sites (N-methyl/N-ethyl adjacent to an activating group) is 1. The monoisotopic (exact) mass is 311 g/mol. The van der Waals surface area contributed by atoms with Gasteiger partial charge in [0.05, 0.1) is 13.1 Å². The molecule has 2 amide bonds. The van der Waals surface area contributed by atoms with E-state index in [9.17, 15) is 9.59 Å². The van der Waals surface area contributed by atoms with E-state index >= 15 is 0 Å². The molecule has 0 saturated heterocycles. The maximum absolute atomic E-state index is 12.0. The molecule has 0 spiro atoms. The Hall–Kier alpha value is -2.82. The van der Waals surface area contributed by atoms with Gasteiger partial charge in [-0.05, 0) is 31.2 Å². The van der Waals surface area contributed by atoms with Crippen molar-refractivity contribution in [1.82, 2.24) is 4.90 Å². The molecular formula is C18H21N3O2. The predicted octanol–water partition coefficient (Wildman–Crippen LogP) is 2.50. The second-order valence-electron chi connectivity index (χ2n) is 5.38. The van der Waals surface area contributed by atoms with Crippen LogP contribution in [-0.4, -0.2) is 36.9 Å². The molecule has 0 heterocycles. The normalized spacial score (nSPS) is 10.0. The molecule has 0 atom stereocenters. The summed E-state index contributed by atoms with van der Waals surface area (Å²) in [5, 5.41) is 5.81. The highest BCUT2D eigenvalue weighted by Crippen LogP contribution is 2.08. The molecular weight excluding hydrogens is 290 g/mol. The molecule has 2 N–H and O–H groups in total. The minimum atomic E-state index is -0.218. The van der Waals surface area contributed by atoms with Crippen molar-refractivity contribution < 1.29 is 9.59 Å². The number of nitrogens with zero attached hydrogens (tertiary/aromatic N) is 1. The molecule has 0 fully saturated rings. The SMILES string of the molecule is Cc1ccc(NC(=O)CN(C)C(=O)CNc2ccccc2)cc1. The maximum atomic E-state index is 12.0. The van der Waals surface area contributed by atoms with Crippen LogP contribution < -0.4 is 10.6 Å². The van der Waals surface area contributed by atoms with Gasteiger partial charge in [-0.25, -0.2) is 0 Å². The minimum absolute atomic E-state index is 0.0170. The first-order valence-corrected chi connectivity index (χ1v) is 7.44. The lowest BCUT2D eigenvalue weighted by Gasteiger charge is -2.17. The Kier molecular flexibility index (Phi) is 5.74. The molecule has 0 aliphatic rings. The summed E-state index contributed by atoms with van der Waals surface area (Å²) >= 11 is 0. The lowest BCUT2D eigenvalue weighted by molar-refractivity contribution is -0.131. The summed E-state index contributed by atoms with van der Waals surface area (Å²) in [7, 11) is 1.61. The minimum Gasteiger partial charge on any atom is -0.376 e. The Morgan fingerprint density at radius 3 is 2.26 bits per heavy atom. The van der Waals surface area contributed by atoms with Gasteiger partial charge < -0.3 is 15.5 Å². The number of para-hydroxylation sites is 1. The second-order valence-corrected chi connectivity index (χ2v) is 5.38. The van der Waals surface area contributed by atoms with Crippen LogP contribution in [0.3, 0.4) is 0 Å². The molecule has 0 unspecified atom stereocenters. The van der Waals surface area contributed by atoms with Crippen molar-refractivity contribution in [2.75, 3.05) is 30.8 Å². The first-order chi connectivity index (χ1) is 11.0. The van der Waals surface area contributed by atoms with E-state index in [2.05, 4.69) is 10.6 Å². The number of nitrogens with one attached hydrogen (secondary N) is 2. The van der Waals surface area contributed by atoms with Crippen LogP contribution in [-0.2, 0) is 9.59 Å². The number of carbonyl (C=O) groups excluding carboxylic acids is 2. The highest BCUT2D eigenvalue weighted by atomic mass is 16.2. The van der Waals surface area contributed by atoms with E-state index in [1.54, 1.807) is 7.05 Å². The van der Waals surface area contributed by atoms with Crippen molar-refractivity contribution in [2.24, 2.45) is 0 Å². The molecule has 23 heavy (non-hydrogen) atoms. The zero-order valence-electron chi connectivity index (χ0n) is 13.4. The molecule has 2 rings (SSSR count). The van der Waals surface area contributed by atoms with Crippen molar-refractivity contribution in [2.45, 2.75) is 6.92 Å². The Bertz CT molecular complexity index is 654. The molecule has 120 valence electrons. The number of rotatable bonds is 6. The summed E-state index contributed by atoms with van der Waals surface area (Å²) in [5.74, 6) is -0.364. The van der Waals surface area contributed by atoms with Crippen LogP contribution in [0, 0.1) is 6.92 Å². The molecule has 0 radical (unpaired) electrons. The van der Waals surface area contributed by atoms with Gasteiger partial charge in [-0.15, -0.1) is 0 Å². The third-order valence-corrected chi connectivity index (χ3v) is 3.36. The van der Waals surface area contributed by atoms with Gasteiger partial charge in [-0.1, -0.05) is 35.9 Å². The number of amides is 2. The van der Waals surface area contributed by atoms with Gasteiger partial charge in [0, 0.05) is 18.4 Å². The number of anilines is 2. The first-order valence-electron chi connectivity index (χ1n) is 7.44. The van der Waals surface area contributed by atoms with Crippen LogP contribution in [0.15, 0.2) is 54.6 Å². The van der Waals surface area contributed by atoms with E-state index in [-0.39, 0.29) is 24.9 Å². The fourth-order valence-electron chi connectivity index (χ4n) is 2.01. The van der Waals surface area contributed by atoms with Crippen LogP contribution in [0.1, 0.15) is 5.56 Å². The van der Waals surface area contributed by atoms with Gasteiger partial charge in [0.1, 0.15) is 0 Å². The Morgan fingerprint density at radius 1 is 0.957 bits per heavy atom. The average Bonchev–Trinajstić information content (AvgIpc) is 2.55. The molecule has 0 saturated carbocycles. The van der Waals surface area contributed by atoms with Crippen LogP contribution in [0.2, 0.25) is 0 Å². The highest BCUT2D eigenvalue weighted by molar-refractivity contribution is 5.95. The van der Waals surface area contributed by atoms with Gasteiger partial charge in [-0.3, -0.25) is 9.59 Å². The molecule has 0 aromatic heterocycles. The summed E-state index contributed by atoms with van der Waals surface area (Å²) in [6, 6.07) is 17.0. The van der Waals surface area contributed by atoms with E-state index in [1.807, 2.05) is 61.5 Å². The van der Waals surface area contributed by atoms with Crippen molar-refractivity contribution >= 4 is 23.2 Å². The lowest BCUT2D eigenvalue weighted by atomic mass is 10.2. The fraction of sp³-hybridized carbons (Fsp3) is 0.222. The molecule has 0 aliphatic heterocycles. The molecule has 5 heteroatoms. The number of benzene rings is 2. The Balaban J connectivity index is 1.78. The number of hydrogen-bond donors (Lipinski definition) is 2. The van der Waals surface area contributed by atoms with Crippen LogP contribution in [0.4, 0.5) is 11.4 Å². The van der Waals surface area contributed by atoms with Crippen LogP contribution in [0.25, 0.3) is 0 Å². The van der Waals surface area contributed by atoms with Crippen molar-refractivity contribution in [3.8, 4) is 0 Å². The number of aryl methyl sites for hydroxylation is 1. The van der Waals surface area contributed by atoms with E-state index in [4.69, 9.17) is 0 Å². The lowest BCUT2D eigenvalue weighted by Crippen LogP contribution is -2.38. The number of carbonyl (C=O) groups is 2. The van der Waals surface area contributed by atoms with Gasteiger partial charge in [0.15, 0.2) is 0 Å². The smallest absolute Gasteiger partial charge is 0.243 e. The third kappa shape index (κ3) is 5.47. The molecule has 0 bridgehead atoms. The first kappa shape index (κ1) is 16.5. The molecule has 2 aromatic rings. The topological polar surface area (TPSA) is 61.4 Å². The van der Waals surface area contributed by atoms with E-state index in [1.165, 1.54) is 4.90 Å². The fourth-order valence-corrected chi connectivity index (χ4v) is 2.01. The van der Waals surface area contributed by atoms with E-state index < -0.39 is 0 Å². The standard InChI is InChI=1S/C18H21N3O2/c1-14-8-10-16(11-9-14)20-17(22)13-21(2)18(23)12-19-15-6-4-3-5-7-15/h3-11,19H,12-13H2,1-2H3,(H,20,22). The maximum Gasteiger partial charge on any atom is 0.243 e. The second kappa shape index (κ2) is 7.98. The summed E-state index contributed by atoms with van der Waals surface area (Å²) in [4.78, 5) is 25.4. The average molecular weight is 311 g/mol. The zero-order chi connectivity index (χ0) is 16.7. The van der Waals surface area contributed by atoms with Gasteiger partial charge >= 0.3 is 0 Å². The zero-order valence-corrected chi connectivity index (χ0v) is 13.4. The van der Waals surface area contributed by atoms with E-state index in [0.717, 1.165) is 16.9 Å². The summed E-state index contributed by atoms with van der Waals surface area (Å²) < 4.78 is 0. The summed E-state index contributed by atoms with van der Waals surface area (Å²) in [6.45, 7) is 2.15.